The highest BCUT2D eigenvalue weighted by Gasteiger charge is 2.21. The molecule has 1 aromatic carbocycles. The van der Waals surface area contributed by atoms with E-state index in [2.05, 4.69) is 52.7 Å². The van der Waals surface area contributed by atoms with Crippen LogP contribution in [0.3, 0.4) is 0 Å². The summed E-state index contributed by atoms with van der Waals surface area (Å²) in [7, 11) is 0. The molecule has 0 radical (unpaired) electrons. The van der Waals surface area contributed by atoms with E-state index >= 15 is 0 Å². The van der Waals surface area contributed by atoms with Crippen LogP contribution in [0, 0.1) is 13.8 Å². The zero-order chi connectivity index (χ0) is 21.5. The summed E-state index contributed by atoms with van der Waals surface area (Å²) in [6.45, 7) is 9.56. The third-order valence-corrected chi connectivity index (χ3v) is 5.29. The molecule has 8 heteroatoms. The van der Waals surface area contributed by atoms with Gasteiger partial charge >= 0.3 is 0 Å². The Bertz CT molecular complexity index is 881. The van der Waals surface area contributed by atoms with E-state index in [0.717, 1.165) is 61.1 Å². The van der Waals surface area contributed by atoms with Crippen LogP contribution in [-0.4, -0.2) is 58.8 Å². The summed E-state index contributed by atoms with van der Waals surface area (Å²) in [6, 6.07) is 10.7. The quantitative estimate of drug-likeness (QED) is 0.473. The van der Waals surface area contributed by atoms with Crippen molar-refractivity contribution in [1.29, 1.82) is 0 Å². The average molecular weight is 412 g/mol. The van der Waals surface area contributed by atoms with E-state index < -0.39 is 0 Å². The van der Waals surface area contributed by atoms with Crippen molar-refractivity contribution in [2.24, 2.45) is 10.7 Å². The van der Waals surface area contributed by atoms with Crippen LogP contribution in [0.2, 0.25) is 0 Å². The lowest BCUT2D eigenvalue weighted by Crippen LogP contribution is -2.49. The molecule has 30 heavy (non-hydrogen) atoms. The Morgan fingerprint density at radius 1 is 1.27 bits per heavy atom. The summed E-state index contributed by atoms with van der Waals surface area (Å²) >= 11 is 0. The Balaban J connectivity index is 1.67. The first-order valence-corrected chi connectivity index (χ1v) is 10.6. The second-order valence-electron chi connectivity index (χ2n) is 7.82. The van der Waals surface area contributed by atoms with Crippen LogP contribution in [0.5, 0.6) is 0 Å². The van der Waals surface area contributed by atoms with Crippen LogP contribution in [0.25, 0.3) is 5.69 Å². The number of carbonyl (C=O) groups is 1. The van der Waals surface area contributed by atoms with Gasteiger partial charge in [0.1, 0.15) is 0 Å². The molecular weight excluding hydrogens is 378 g/mol. The van der Waals surface area contributed by atoms with E-state index in [1.54, 1.807) is 0 Å². The van der Waals surface area contributed by atoms with Crippen LogP contribution >= 0.6 is 0 Å². The Labute approximate surface area is 178 Å². The number of aryl methyl sites for hydroxylation is 2. The number of amides is 1. The van der Waals surface area contributed by atoms with Gasteiger partial charge in [0.2, 0.25) is 5.91 Å². The maximum Gasteiger partial charge on any atom is 0.231 e. The third kappa shape index (κ3) is 5.82. The molecule has 1 aliphatic heterocycles. The Morgan fingerprint density at radius 3 is 2.63 bits per heavy atom. The fraction of sp³-hybridized carbons (Fsp3) is 0.500. The summed E-state index contributed by atoms with van der Waals surface area (Å²) in [6.07, 6.45) is 1.92. The van der Waals surface area contributed by atoms with E-state index in [9.17, 15) is 4.79 Å². The average Bonchev–Trinajstić information content (AvgIpc) is 3.05. The van der Waals surface area contributed by atoms with Gasteiger partial charge in [0.25, 0.3) is 0 Å². The monoisotopic (exact) mass is 411 g/mol. The van der Waals surface area contributed by atoms with Gasteiger partial charge in [-0.25, -0.2) is 9.67 Å². The number of nitrogens with zero attached hydrogens (tertiary/aromatic N) is 4. The fourth-order valence-electron chi connectivity index (χ4n) is 3.86. The van der Waals surface area contributed by atoms with Gasteiger partial charge in [0.15, 0.2) is 5.96 Å². The predicted octanol–water partition coefficient (Wildman–Crippen LogP) is 1.49. The van der Waals surface area contributed by atoms with Crippen molar-refractivity contribution >= 4 is 11.9 Å². The molecule has 0 atom stereocenters. The predicted molar refractivity (Wildman–Crippen MR) is 120 cm³/mol. The highest BCUT2D eigenvalue weighted by molar-refractivity contribution is 5.80. The van der Waals surface area contributed by atoms with E-state index in [1.807, 2.05) is 23.7 Å². The van der Waals surface area contributed by atoms with Gasteiger partial charge < -0.3 is 16.4 Å². The number of para-hydroxylation sites is 1. The molecule has 2 heterocycles. The minimum atomic E-state index is -0.266. The van der Waals surface area contributed by atoms with E-state index in [4.69, 9.17) is 10.7 Å². The molecule has 0 bridgehead atoms. The highest BCUT2D eigenvalue weighted by Crippen LogP contribution is 2.18. The Morgan fingerprint density at radius 2 is 2.00 bits per heavy atom. The molecular formula is C22H33N7O. The summed E-state index contributed by atoms with van der Waals surface area (Å²) in [5, 5.41) is 11.5. The van der Waals surface area contributed by atoms with Crippen molar-refractivity contribution in [3.8, 4) is 5.69 Å². The maximum absolute atomic E-state index is 11.1. The first-order valence-electron chi connectivity index (χ1n) is 10.6. The number of nitrogens with two attached hydrogens (primary N) is 1. The summed E-state index contributed by atoms with van der Waals surface area (Å²) in [5.74, 6) is 0.548. The van der Waals surface area contributed by atoms with Gasteiger partial charge in [-0.05, 0) is 51.3 Å². The van der Waals surface area contributed by atoms with Crippen LogP contribution in [0.1, 0.15) is 36.7 Å². The van der Waals surface area contributed by atoms with Crippen LogP contribution < -0.4 is 16.4 Å². The number of guanidine groups is 1. The van der Waals surface area contributed by atoms with Gasteiger partial charge in [-0.15, -0.1) is 0 Å². The molecule has 0 aliphatic carbocycles. The molecule has 8 nitrogen and oxygen atoms in total. The maximum atomic E-state index is 11.1. The second-order valence-corrected chi connectivity index (χ2v) is 7.82. The molecule has 0 saturated carbocycles. The van der Waals surface area contributed by atoms with Crippen molar-refractivity contribution < 1.29 is 4.79 Å². The van der Waals surface area contributed by atoms with Crippen LogP contribution in [0.4, 0.5) is 0 Å². The van der Waals surface area contributed by atoms with E-state index in [1.165, 1.54) is 0 Å². The number of likely N-dealkylation sites (tertiary alicyclic amines) is 1. The number of aliphatic imine (C=N–C) groups is 1. The molecule has 4 N–H and O–H groups in total. The second kappa shape index (κ2) is 10.2. The lowest BCUT2D eigenvalue weighted by molar-refractivity contribution is -0.119. The van der Waals surface area contributed by atoms with Gasteiger partial charge in [0, 0.05) is 31.4 Å². The largest absolute Gasteiger partial charge is 0.369 e. The first kappa shape index (κ1) is 21.8. The third-order valence-electron chi connectivity index (χ3n) is 5.29. The van der Waals surface area contributed by atoms with Gasteiger partial charge in [-0.3, -0.25) is 9.69 Å². The topological polar surface area (TPSA) is 101 Å². The number of carbonyl (C=O) groups excluding carboxylic acids is 1. The molecule has 1 saturated heterocycles. The van der Waals surface area contributed by atoms with Crippen LogP contribution in [-0.2, 0) is 11.3 Å². The molecule has 1 fully saturated rings. The zero-order valence-corrected chi connectivity index (χ0v) is 18.2. The number of piperidine rings is 1. The van der Waals surface area contributed by atoms with Gasteiger partial charge in [0.05, 0.1) is 24.5 Å². The molecule has 1 aromatic heterocycles. The molecule has 2 aromatic rings. The minimum Gasteiger partial charge on any atom is -0.369 e. The number of hydrogen-bond donors (Lipinski definition) is 3. The van der Waals surface area contributed by atoms with Crippen molar-refractivity contribution in [2.45, 2.75) is 46.2 Å². The summed E-state index contributed by atoms with van der Waals surface area (Å²) in [5.41, 5.74) is 9.60. The number of aromatic nitrogens is 2. The van der Waals surface area contributed by atoms with Crippen molar-refractivity contribution in [1.82, 2.24) is 25.3 Å². The molecule has 1 aliphatic rings. The first-order chi connectivity index (χ1) is 14.5. The minimum absolute atomic E-state index is 0.266. The highest BCUT2D eigenvalue weighted by atomic mass is 16.1. The molecule has 1 amide bonds. The van der Waals surface area contributed by atoms with E-state index in [-0.39, 0.29) is 5.91 Å². The SMILES string of the molecule is CCNC(=NCc1ccccc1-n1nc(C)cc1C)NC1CCN(CC(N)=O)CC1. The lowest BCUT2D eigenvalue weighted by atomic mass is 10.1. The van der Waals surface area contributed by atoms with Gasteiger partial charge in [-0.1, -0.05) is 18.2 Å². The van der Waals surface area contributed by atoms with Gasteiger partial charge in [-0.2, -0.15) is 5.10 Å². The van der Waals surface area contributed by atoms with Crippen molar-refractivity contribution in [2.75, 3.05) is 26.2 Å². The summed E-state index contributed by atoms with van der Waals surface area (Å²) in [4.78, 5) is 18.1. The van der Waals surface area contributed by atoms with Crippen molar-refractivity contribution in [3.05, 3.63) is 47.3 Å². The number of primary amides is 1. The number of benzene rings is 1. The van der Waals surface area contributed by atoms with Crippen molar-refractivity contribution in [3.63, 3.8) is 0 Å². The smallest absolute Gasteiger partial charge is 0.231 e. The van der Waals surface area contributed by atoms with Crippen LogP contribution in [0.15, 0.2) is 35.3 Å². The molecule has 3 rings (SSSR count). The zero-order valence-electron chi connectivity index (χ0n) is 18.2. The molecule has 162 valence electrons. The number of hydrogen-bond acceptors (Lipinski definition) is 4. The summed E-state index contributed by atoms with van der Waals surface area (Å²) < 4.78 is 1.98. The standard InChI is InChI=1S/C22H33N7O/c1-4-24-22(26-19-9-11-28(12-10-19)15-21(23)30)25-14-18-7-5-6-8-20(18)29-17(3)13-16(2)27-29/h5-8,13,19H,4,9-12,14-15H2,1-3H3,(H2,23,30)(H2,24,25,26). The Hall–Kier alpha value is -2.87. The fourth-order valence-corrected chi connectivity index (χ4v) is 3.86. The number of nitrogens with one attached hydrogen (secondary N) is 2. The molecule has 0 unspecified atom stereocenters. The molecule has 0 spiro atoms. The van der Waals surface area contributed by atoms with E-state index in [0.29, 0.717) is 19.1 Å². The Kier molecular flexibility index (Phi) is 7.46. The lowest BCUT2D eigenvalue weighted by Gasteiger charge is -2.32. The number of rotatable bonds is 7. The normalized spacial score (nSPS) is 15.9.